The molecule has 0 aromatic heterocycles. The van der Waals surface area contributed by atoms with Crippen LogP contribution in [-0.2, 0) is 6.42 Å². The van der Waals surface area contributed by atoms with E-state index in [1.807, 2.05) is 30.3 Å². The van der Waals surface area contributed by atoms with E-state index in [9.17, 15) is 0 Å². The zero-order chi connectivity index (χ0) is 13.7. The Morgan fingerprint density at radius 3 is 2.53 bits per heavy atom. The Kier molecular flexibility index (Phi) is 4.77. The van der Waals surface area contributed by atoms with E-state index in [0.29, 0.717) is 22.9 Å². The van der Waals surface area contributed by atoms with Gasteiger partial charge in [-0.2, -0.15) is 0 Å². The summed E-state index contributed by atoms with van der Waals surface area (Å²) in [5.74, 6) is 0.635. The van der Waals surface area contributed by atoms with E-state index in [4.69, 9.17) is 34.3 Å². The van der Waals surface area contributed by atoms with Crippen LogP contribution in [0.5, 0.6) is 5.75 Å². The van der Waals surface area contributed by atoms with Gasteiger partial charge in [-0.25, -0.2) is 0 Å². The van der Waals surface area contributed by atoms with E-state index < -0.39 is 0 Å². The van der Waals surface area contributed by atoms with Crippen molar-refractivity contribution >= 4 is 28.8 Å². The normalized spacial score (nSPS) is 10.2. The molecule has 0 atom stereocenters. The average molecular weight is 292 g/mol. The minimum Gasteiger partial charge on any atom is -0.492 e. The van der Waals surface area contributed by atoms with Crippen molar-refractivity contribution in [3.05, 3.63) is 64.7 Å². The van der Waals surface area contributed by atoms with Crippen LogP contribution in [0.15, 0.2) is 48.5 Å². The number of hydrogen-bond acceptors (Lipinski definition) is 2. The van der Waals surface area contributed by atoms with Crippen molar-refractivity contribution in [2.45, 2.75) is 6.42 Å². The second kappa shape index (κ2) is 6.55. The lowest BCUT2D eigenvalue weighted by atomic mass is 10.1. The fraction of sp³-hybridized carbons (Fsp3) is 0.133. The van der Waals surface area contributed by atoms with Crippen molar-refractivity contribution < 1.29 is 4.74 Å². The van der Waals surface area contributed by atoms with Crippen LogP contribution in [-0.4, -0.2) is 11.6 Å². The lowest BCUT2D eigenvalue weighted by Gasteiger charge is -2.11. The van der Waals surface area contributed by atoms with E-state index in [1.54, 1.807) is 6.07 Å². The Morgan fingerprint density at radius 1 is 1.11 bits per heavy atom. The van der Waals surface area contributed by atoms with Crippen LogP contribution in [0.25, 0.3) is 0 Å². The molecule has 98 valence electrons. The first-order valence-electron chi connectivity index (χ1n) is 5.93. The summed E-state index contributed by atoms with van der Waals surface area (Å²) in [6, 6.07) is 15.5. The molecule has 2 aromatic carbocycles. The van der Waals surface area contributed by atoms with E-state index in [0.717, 1.165) is 6.42 Å². The summed E-state index contributed by atoms with van der Waals surface area (Å²) in [6.07, 6.45) is 0.824. The molecule has 0 saturated heterocycles. The molecule has 0 fully saturated rings. The Hall–Kier alpha value is -1.58. The maximum absolute atomic E-state index is 6.07. The van der Waals surface area contributed by atoms with Gasteiger partial charge >= 0.3 is 0 Å². The largest absolute Gasteiger partial charge is 0.492 e. The third kappa shape index (κ3) is 3.69. The molecule has 2 rings (SSSR count). The van der Waals surface area contributed by atoms with Gasteiger partial charge in [0, 0.05) is 6.42 Å². The summed E-state index contributed by atoms with van der Waals surface area (Å²) in [5, 5.41) is 0.518. The predicted octanol–water partition coefficient (Wildman–Crippen LogP) is 3.60. The highest BCUT2D eigenvalue weighted by Crippen LogP contribution is 2.26. The molecule has 2 nitrogen and oxygen atoms in total. The van der Waals surface area contributed by atoms with Crippen molar-refractivity contribution in [2.24, 2.45) is 5.73 Å². The van der Waals surface area contributed by atoms with Gasteiger partial charge in [0.15, 0.2) is 0 Å². The smallest absolute Gasteiger partial charge is 0.130 e. The van der Waals surface area contributed by atoms with E-state index >= 15 is 0 Å². The molecule has 0 bridgehead atoms. The highest BCUT2D eigenvalue weighted by atomic mass is 35.5. The summed E-state index contributed by atoms with van der Waals surface area (Å²) in [4.78, 5) is 0.250. The Balaban J connectivity index is 2.04. The van der Waals surface area contributed by atoms with E-state index in [1.165, 1.54) is 5.56 Å². The second-order valence-electron chi connectivity index (χ2n) is 4.06. The topological polar surface area (TPSA) is 35.2 Å². The molecular weight excluding hydrogens is 278 g/mol. The van der Waals surface area contributed by atoms with E-state index in [-0.39, 0.29) is 4.99 Å². The number of rotatable bonds is 5. The van der Waals surface area contributed by atoms with Crippen LogP contribution in [0.1, 0.15) is 11.1 Å². The maximum Gasteiger partial charge on any atom is 0.130 e. The molecule has 0 aliphatic rings. The SMILES string of the molecule is NC(=S)c1c(Cl)cccc1OCCc1ccccc1. The van der Waals surface area contributed by atoms with Gasteiger partial charge in [-0.05, 0) is 17.7 Å². The Morgan fingerprint density at radius 2 is 1.84 bits per heavy atom. The highest BCUT2D eigenvalue weighted by Gasteiger charge is 2.10. The van der Waals surface area contributed by atoms with Crippen LogP contribution in [0.3, 0.4) is 0 Å². The molecule has 4 heteroatoms. The molecule has 0 unspecified atom stereocenters. The summed E-state index contributed by atoms with van der Waals surface area (Å²) in [7, 11) is 0. The number of ether oxygens (including phenoxy) is 1. The Bertz CT molecular complexity index is 572. The zero-order valence-corrected chi connectivity index (χ0v) is 11.9. The molecule has 0 radical (unpaired) electrons. The third-order valence-electron chi connectivity index (χ3n) is 2.71. The molecule has 2 aromatic rings. The van der Waals surface area contributed by atoms with Crippen LogP contribution in [0.4, 0.5) is 0 Å². The first-order valence-corrected chi connectivity index (χ1v) is 6.72. The average Bonchev–Trinajstić information content (AvgIpc) is 2.39. The molecule has 0 aliphatic heterocycles. The third-order valence-corrected chi connectivity index (χ3v) is 3.23. The van der Waals surface area contributed by atoms with Gasteiger partial charge < -0.3 is 10.5 Å². The van der Waals surface area contributed by atoms with Crippen molar-refractivity contribution in [3.63, 3.8) is 0 Å². The van der Waals surface area contributed by atoms with Gasteiger partial charge in [-0.3, -0.25) is 0 Å². The fourth-order valence-electron chi connectivity index (χ4n) is 1.79. The number of thiocarbonyl (C=S) groups is 1. The number of nitrogens with two attached hydrogens (primary N) is 1. The van der Waals surface area contributed by atoms with Crippen molar-refractivity contribution in [1.82, 2.24) is 0 Å². The number of benzene rings is 2. The van der Waals surface area contributed by atoms with Gasteiger partial charge in [0.1, 0.15) is 10.7 Å². The van der Waals surface area contributed by atoms with Gasteiger partial charge in [-0.1, -0.05) is 60.2 Å². The Labute approximate surface area is 123 Å². The molecular formula is C15H14ClNOS. The molecule has 19 heavy (non-hydrogen) atoms. The maximum atomic E-state index is 6.07. The first kappa shape index (κ1) is 13.8. The van der Waals surface area contributed by atoms with Gasteiger partial charge in [0.2, 0.25) is 0 Å². The summed E-state index contributed by atoms with van der Waals surface area (Å²) >= 11 is 11.1. The minimum atomic E-state index is 0.250. The summed E-state index contributed by atoms with van der Waals surface area (Å²) < 4.78 is 5.73. The van der Waals surface area contributed by atoms with Crippen molar-refractivity contribution in [3.8, 4) is 5.75 Å². The fourth-order valence-corrected chi connectivity index (χ4v) is 2.32. The zero-order valence-electron chi connectivity index (χ0n) is 10.3. The molecule has 0 spiro atoms. The van der Waals surface area contributed by atoms with Crippen LogP contribution in [0, 0.1) is 0 Å². The number of halogens is 1. The molecule has 0 saturated carbocycles. The van der Waals surface area contributed by atoms with Crippen molar-refractivity contribution in [1.29, 1.82) is 0 Å². The predicted molar refractivity (Wildman–Crippen MR) is 83.0 cm³/mol. The number of hydrogen-bond donors (Lipinski definition) is 1. The van der Waals surface area contributed by atoms with Crippen LogP contribution < -0.4 is 10.5 Å². The molecule has 0 heterocycles. The lowest BCUT2D eigenvalue weighted by Crippen LogP contribution is -2.13. The van der Waals surface area contributed by atoms with Crippen molar-refractivity contribution in [2.75, 3.05) is 6.61 Å². The molecule has 0 amide bonds. The quantitative estimate of drug-likeness (QED) is 0.855. The lowest BCUT2D eigenvalue weighted by molar-refractivity contribution is 0.321. The highest BCUT2D eigenvalue weighted by molar-refractivity contribution is 7.80. The second-order valence-corrected chi connectivity index (χ2v) is 4.91. The van der Waals surface area contributed by atoms with Gasteiger partial charge in [0.05, 0.1) is 17.2 Å². The monoisotopic (exact) mass is 291 g/mol. The summed E-state index contributed by atoms with van der Waals surface area (Å²) in [5.41, 5.74) is 7.49. The first-order chi connectivity index (χ1) is 9.18. The molecule has 0 aliphatic carbocycles. The van der Waals surface area contributed by atoms with Crippen LogP contribution >= 0.6 is 23.8 Å². The standard InChI is InChI=1S/C15H14ClNOS/c16-12-7-4-8-13(14(12)15(17)19)18-10-9-11-5-2-1-3-6-11/h1-8H,9-10H2,(H2,17,19). The van der Waals surface area contributed by atoms with Crippen LogP contribution in [0.2, 0.25) is 5.02 Å². The molecule has 2 N–H and O–H groups in total. The van der Waals surface area contributed by atoms with Gasteiger partial charge in [0.25, 0.3) is 0 Å². The minimum absolute atomic E-state index is 0.250. The summed E-state index contributed by atoms with van der Waals surface area (Å²) in [6.45, 7) is 0.556. The van der Waals surface area contributed by atoms with E-state index in [2.05, 4.69) is 12.1 Å². The van der Waals surface area contributed by atoms with Gasteiger partial charge in [-0.15, -0.1) is 0 Å².